The van der Waals surface area contributed by atoms with Gasteiger partial charge in [0, 0.05) is 6.54 Å². The Hall–Kier alpha value is -1.36. The third kappa shape index (κ3) is 2.71. The van der Waals surface area contributed by atoms with Gasteiger partial charge in [0.1, 0.15) is 12.1 Å². The van der Waals surface area contributed by atoms with E-state index in [2.05, 4.69) is 20.8 Å². The standard InChI is InChI=1S/C20H27NO3S/c1-12-14-10-13(20(14,2)3)11-16(12)24-19(23)15-6-4-8-21(15)18(22)17-7-5-9-25-17/h5,7,9,12-16H,4,6,8,10-11H2,1-3H3. The molecule has 25 heavy (non-hydrogen) atoms. The first-order valence-corrected chi connectivity index (χ1v) is 10.3. The maximum absolute atomic E-state index is 12.8. The molecule has 1 aliphatic heterocycles. The molecule has 0 radical (unpaired) electrons. The molecular weight excluding hydrogens is 334 g/mol. The van der Waals surface area contributed by atoms with Crippen LogP contribution in [0.1, 0.15) is 56.1 Å². The van der Waals surface area contributed by atoms with Gasteiger partial charge in [0.05, 0.1) is 4.88 Å². The van der Waals surface area contributed by atoms with Gasteiger partial charge in [-0.1, -0.05) is 26.8 Å². The van der Waals surface area contributed by atoms with Gasteiger partial charge < -0.3 is 9.64 Å². The highest BCUT2D eigenvalue weighted by atomic mass is 32.1. The van der Waals surface area contributed by atoms with Crippen molar-refractivity contribution in [3.63, 3.8) is 0 Å². The van der Waals surface area contributed by atoms with Crippen molar-refractivity contribution in [2.24, 2.45) is 23.2 Å². The van der Waals surface area contributed by atoms with Gasteiger partial charge >= 0.3 is 5.97 Å². The lowest BCUT2D eigenvalue weighted by molar-refractivity contribution is -0.189. The van der Waals surface area contributed by atoms with Crippen LogP contribution in [-0.4, -0.2) is 35.5 Å². The molecule has 4 fully saturated rings. The first-order valence-electron chi connectivity index (χ1n) is 9.44. The molecule has 5 rings (SSSR count). The highest BCUT2D eigenvalue weighted by molar-refractivity contribution is 7.12. The van der Waals surface area contributed by atoms with Crippen molar-refractivity contribution in [1.29, 1.82) is 0 Å². The van der Waals surface area contributed by atoms with Crippen LogP contribution in [0.3, 0.4) is 0 Å². The highest BCUT2D eigenvalue weighted by Crippen LogP contribution is 2.61. The first kappa shape index (κ1) is 17.1. The third-order valence-corrected chi connectivity index (χ3v) is 7.93. The summed E-state index contributed by atoms with van der Waals surface area (Å²) < 4.78 is 5.95. The number of rotatable bonds is 3. The fourth-order valence-electron chi connectivity index (χ4n) is 5.28. The summed E-state index contributed by atoms with van der Waals surface area (Å²) in [5, 5.41) is 1.90. The fraction of sp³-hybridized carbons (Fsp3) is 0.700. The van der Waals surface area contributed by atoms with Gasteiger partial charge in [0.15, 0.2) is 0 Å². The molecule has 0 spiro atoms. The molecule has 1 amide bonds. The molecule has 1 saturated heterocycles. The van der Waals surface area contributed by atoms with Gasteiger partial charge in [-0.25, -0.2) is 4.79 Å². The number of nitrogens with zero attached hydrogens (tertiary/aromatic N) is 1. The van der Waals surface area contributed by atoms with E-state index in [0.717, 1.165) is 19.3 Å². The summed E-state index contributed by atoms with van der Waals surface area (Å²) in [6.07, 6.45) is 3.85. The number of hydrogen-bond donors (Lipinski definition) is 0. The zero-order valence-corrected chi connectivity index (χ0v) is 16.1. The van der Waals surface area contributed by atoms with Gasteiger partial charge in [-0.05, 0) is 60.3 Å². The molecule has 5 unspecified atom stereocenters. The van der Waals surface area contributed by atoms with Gasteiger partial charge in [0.25, 0.3) is 5.91 Å². The van der Waals surface area contributed by atoms with Gasteiger partial charge in [-0.15, -0.1) is 11.3 Å². The largest absolute Gasteiger partial charge is 0.461 e. The molecule has 5 atom stereocenters. The van der Waals surface area contributed by atoms with E-state index in [-0.39, 0.29) is 18.0 Å². The molecule has 3 aliphatic carbocycles. The molecule has 5 heteroatoms. The van der Waals surface area contributed by atoms with Crippen LogP contribution < -0.4 is 0 Å². The minimum Gasteiger partial charge on any atom is -0.461 e. The molecule has 2 bridgehead atoms. The topological polar surface area (TPSA) is 46.6 Å². The monoisotopic (exact) mass is 361 g/mol. The Bertz CT molecular complexity index is 668. The van der Waals surface area contributed by atoms with E-state index >= 15 is 0 Å². The Balaban J connectivity index is 1.42. The highest BCUT2D eigenvalue weighted by Gasteiger charge is 2.57. The minimum atomic E-state index is -0.409. The van der Waals surface area contributed by atoms with Crippen LogP contribution in [0.15, 0.2) is 17.5 Å². The summed E-state index contributed by atoms with van der Waals surface area (Å²) in [4.78, 5) is 27.9. The second-order valence-electron chi connectivity index (χ2n) is 8.56. The zero-order valence-electron chi connectivity index (χ0n) is 15.2. The quantitative estimate of drug-likeness (QED) is 0.766. The van der Waals surface area contributed by atoms with Crippen molar-refractivity contribution in [2.45, 2.75) is 58.6 Å². The number of likely N-dealkylation sites (tertiary alicyclic amines) is 1. The predicted octanol–water partition coefficient (Wildman–Crippen LogP) is 3.97. The van der Waals surface area contributed by atoms with Crippen molar-refractivity contribution >= 4 is 23.2 Å². The molecule has 0 N–H and O–H groups in total. The molecule has 136 valence electrons. The second-order valence-corrected chi connectivity index (χ2v) is 9.51. The summed E-state index contributed by atoms with van der Waals surface area (Å²) in [5.41, 5.74) is 0.386. The minimum absolute atomic E-state index is 0.0172. The van der Waals surface area contributed by atoms with E-state index < -0.39 is 6.04 Å². The molecule has 0 aromatic carbocycles. The second kappa shape index (κ2) is 6.11. The number of amides is 1. The average molecular weight is 362 g/mol. The molecule has 4 aliphatic rings. The lowest BCUT2D eigenvalue weighted by Gasteiger charge is -2.61. The number of thiophene rings is 1. The Kier molecular flexibility index (Phi) is 4.18. The van der Waals surface area contributed by atoms with Crippen molar-refractivity contribution in [2.75, 3.05) is 6.54 Å². The normalized spacial score (nSPS) is 36.0. The van der Waals surface area contributed by atoms with Crippen LogP contribution >= 0.6 is 11.3 Å². The van der Waals surface area contributed by atoms with Gasteiger partial charge in [0.2, 0.25) is 0 Å². The van der Waals surface area contributed by atoms with Crippen LogP contribution in [0, 0.1) is 23.2 Å². The first-order chi connectivity index (χ1) is 11.9. The maximum atomic E-state index is 12.8. The van der Waals surface area contributed by atoms with Crippen molar-refractivity contribution < 1.29 is 14.3 Å². The van der Waals surface area contributed by atoms with Gasteiger partial charge in [-0.3, -0.25) is 4.79 Å². The van der Waals surface area contributed by atoms with Crippen LogP contribution in [0.4, 0.5) is 0 Å². The van der Waals surface area contributed by atoms with Gasteiger partial charge in [-0.2, -0.15) is 0 Å². The Labute approximate surface area is 153 Å². The van der Waals surface area contributed by atoms with Crippen LogP contribution in [0.2, 0.25) is 0 Å². The number of carbonyl (C=O) groups is 2. The number of fused-ring (bicyclic) bond motifs is 2. The Morgan fingerprint density at radius 3 is 2.76 bits per heavy atom. The number of carbonyl (C=O) groups excluding carboxylic acids is 2. The Morgan fingerprint density at radius 1 is 1.32 bits per heavy atom. The van der Waals surface area contributed by atoms with Crippen molar-refractivity contribution in [1.82, 2.24) is 4.90 Å². The summed E-state index contributed by atoms with van der Waals surface area (Å²) in [7, 11) is 0. The van der Waals surface area contributed by atoms with E-state index in [1.807, 2.05) is 17.5 Å². The number of hydrogen-bond acceptors (Lipinski definition) is 4. The van der Waals surface area contributed by atoms with Crippen LogP contribution in [-0.2, 0) is 9.53 Å². The van der Waals surface area contributed by atoms with Crippen molar-refractivity contribution in [3.05, 3.63) is 22.4 Å². The molecule has 1 aromatic rings. The number of esters is 1. The third-order valence-electron chi connectivity index (χ3n) is 7.07. The molecular formula is C20H27NO3S. The molecule has 3 saturated carbocycles. The Morgan fingerprint density at radius 2 is 2.12 bits per heavy atom. The SMILES string of the molecule is CC1C(OC(=O)C2CCCN2C(=O)c2cccs2)CC2CC1C2(C)C. The van der Waals surface area contributed by atoms with Crippen LogP contribution in [0.25, 0.3) is 0 Å². The molecule has 4 nitrogen and oxygen atoms in total. The number of ether oxygens (including phenoxy) is 1. The smallest absolute Gasteiger partial charge is 0.329 e. The van der Waals surface area contributed by atoms with E-state index in [0.29, 0.717) is 34.6 Å². The molecule has 2 heterocycles. The fourth-order valence-corrected chi connectivity index (χ4v) is 5.96. The summed E-state index contributed by atoms with van der Waals surface area (Å²) in [6, 6.07) is 3.29. The molecule has 1 aromatic heterocycles. The maximum Gasteiger partial charge on any atom is 0.329 e. The van der Waals surface area contributed by atoms with E-state index in [1.165, 1.54) is 17.8 Å². The predicted molar refractivity (Wildman–Crippen MR) is 97.4 cm³/mol. The summed E-state index contributed by atoms with van der Waals surface area (Å²) in [5.74, 6) is 1.50. The lowest BCUT2D eigenvalue weighted by Crippen LogP contribution is -2.58. The average Bonchev–Trinajstić information content (AvgIpc) is 3.27. The summed E-state index contributed by atoms with van der Waals surface area (Å²) in [6.45, 7) is 7.56. The van der Waals surface area contributed by atoms with E-state index in [9.17, 15) is 9.59 Å². The van der Waals surface area contributed by atoms with E-state index in [1.54, 1.807) is 4.90 Å². The lowest BCUT2D eigenvalue weighted by atomic mass is 9.45. The van der Waals surface area contributed by atoms with Crippen LogP contribution in [0.5, 0.6) is 0 Å². The zero-order chi connectivity index (χ0) is 17.8. The summed E-state index contributed by atoms with van der Waals surface area (Å²) >= 11 is 1.43. The van der Waals surface area contributed by atoms with Crippen molar-refractivity contribution in [3.8, 4) is 0 Å². The van der Waals surface area contributed by atoms with E-state index in [4.69, 9.17) is 4.74 Å².